The summed E-state index contributed by atoms with van der Waals surface area (Å²) in [6, 6.07) is 13.9. The van der Waals surface area contributed by atoms with Crippen LogP contribution in [0.5, 0.6) is 0 Å². The van der Waals surface area contributed by atoms with Crippen LogP contribution in [-0.4, -0.2) is 12.7 Å². The molecular formula is C17H16F5N. The number of rotatable bonds is 6. The molecule has 0 fully saturated rings. The topological polar surface area (TPSA) is 12.0 Å². The van der Waals surface area contributed by atoms with Gasteiger partial charge in [-0.3, -0.25) is 0 Å². The zero-order valence-corrected chi connectivity index (χ0v) is 12.2. The highest BCUT2D eigenvalue weighted by Crippen LogP contribution is 2.43. The van der Waals surface area contributed by atoms with Crippen LogP contribution in [0.4, 0.5) is 27.6 Å². The van der Waals surface area contributed by atoms with Crippen molar-refractivity contribution in [3.63, 3.8) is 0 Å². The molecule has 0 aromatic heterocycles. The first-order valence-electron chi connectivity index (χ1n) is 7.13. The highest BCUT2D eigenvalue weighted by atomic mass is 19.4. The average molecular weight is 329 g/mol. The van der Waals surface area contributed by atoms with Gasteiger partial charge in [0.1, 0.15) is 0 Å². The van der Waals surface area contributed by atoms with Crippen molar-refractivity contribution < 1.29 is 22.0 Å². The summed E-state index contributed by atoms with van der Waals surface area (Å²) in [4.78, 5) is 0. The van der Waals surface area contributed by atoms with E-state index in [4.69, 9.17) is 0 Å². The molecule has 0 radical (unpaired) electrons. The number of nitrogens with one attached hydrogen (secondary N) is 1. The number of aryl methyl sites for hydroxylation is 1. The Morgan fingerprint density at radius 3 is 2.17 bits per heavy atom. The lowest BCUT2D eigenvalue weighted by Gasteiger charge is -2.20. The Kier molecular flexibility index (Phi) is 5.23. The first-order chi connectivity index (χ1) is 10.8. The maximum atomic E-state index is 13.3. The number of alkyl halides is 5. The fourth-order valence-corrected chi connectivity index (χ4v) is 2.17. The third kappa shape index (κ3) is 4.43. The van der Waals surface area contributed by atoms with Crippen LogP contribution >= 0.6 is 0 Å². The molecule has 124 valence electrons. The van der Waals surface area contributed by atoms with Gasteiger partial charge in [-0.25, -0.2) is 0 Å². The molecule has 23 heavy (non-hydrogen) atoms. The van der Waals surface area contributed by atoms with Crippen LogP contribution in [0, 0.1) is 0 Å². The largest absolute Gasteiger partial charge is 0.458 e. The van der Waals surface area contributed by atoms with Gasteiger partial charge in [0, 0.05) is 17.8 Å². The summed E-state index contributed by atoms with van der Waals surface area (Å²) in [7, 11) is 0. The molecule has 0 aliphatic carbocycles. The third-order valence-electron chi connectivity index (χ3n) is 3.39. The van der Waals surface area contributed by atoms with E-state index in [9.17, 15) is 22.0 Å². The van der Waals surface area contributed by atoms with Gasteiger partial charge >= 0.3 is 12.1 Å². The highest BCUT2D eigenvalue weighted by Gasteiger charge is 2.58. The molecule has 0 unspecified atom stereocenters. The van der Waals surface area contributed by atoms with Crippen LogP contribution in [-0.2, 0) is 12.3 Å². The van der Waals surface area contributed by atoms with E-state index in [2.05, 4.69) is 5.32 Å². The lowest BCUT2D eigenvalue weighted by molar-refractivity contribution is -0.289. The molecule has 0 atom stereocenters. The Morgan fingerprint density at radius 2 is 1.52 bits per heavy atom. The van der Waals surface area contributed by atoms with E-state index >= 15 is 0 Å². The quantitative estimate of drug-likeness (QED) is 0.554. The van der Waals surface area contributed by atoms with Gasteiger partial charge < -0.3 is 5.32 Å². The number of benzene rings is 2. The highest BCUT2D eigenvalue weighted by molar-refractivity contribution is 5.42. The Bertz CT molecular complexity index is 622. The van der Waals surface area contributed by atoms with Crippen molar-refractivity contribution in [1.82, 2.24) is 0 Å². The van der Waals surface area contributed by atoms with Crippen molar-refractivity contribution in [2.75, 3.05) is 11.9 Å². The molecule has 6 heteroatoms. The SMILES string of the molecule is FC(F)(F)C(F)(F)c1cccc(CCCNc2ccccc2)c1. The van der Waals surface area contributed by atoms with Gasteiger partial charge in [-0.15, -0.1) is 0 Å². The van der Waals surface area contributed by atoms with Gasteiger partial charge in [0.05, 0.1) is 0 Å². The molecule has 0 saturated carbocycles. The van der Waals surface area contributed by atoms with Gasteiger partial charge in [0.25, 0.3) is 0 Å². The fourth-order valence-electron chi connectivity index (χ4n) is 2.17. The Labute approximate surface area is 131 Å². The molecule has 0 saturated heterocycles. The molecule has 1 N–H and O–H groups in total. The van der Waals surface area contributed by atoms with E-state index < -0.39 is 17.7 Å². The summed E-state index contributed by atoms with van der Waals surface area (Å²) in [5.41, 5.74) is 0.379. The van der Waals surface area contributed by atoms with Crippen LogP contribution in [0.25, 0.3) is 0 Å². The number of hydrogen-bond donors (Lipinski definition) is 1. The van der Waals surface area contributed by atoms with E-state index in [0.717, 1.165) is 17.8 Å². The summed E-state index contributed by atoms with van der Waals surface area (Å²) in [5.74, 6) is -4.83. The van der Waals surface area contributed by atoms with Crippen molar-refractivity contribution in [2.45, 2.75) is 24.9 Å². The predicted molar refractivity (Wildman–Crippen MR) is 79.6 cm³/mol. The van der Waals surface area contributed by atoms with Gasteiger partial charge in [-0.1, -0.05) is 36.4 Å². The van der Waals surface area contributed by atoms with E-state index in [1.807, 2.05) is 30.3 Å². The zero-order valence-electron chi connectivity index (χ0n) is 12.2. The average Bonchev–Trinajstić information content (AvgIpc) is 2.52. The van der Waals surface area contributed by atoms with Crippen molar-refractivity contribution >= 4 is 5.69 Å². The summed E-state index contributed by atoms with van der Waals surface area (Å²) >= 11 is 0. The normalized spacial score (nSPS) is 12.2. The van der Waals surface area contributed by atoms with Crippen LogP contribution < -0.4 is 5.32 Å². The second-order valence-electron chi connectivity index (χ2n) is 5.17. The maximum absolute atomic E-state index is 13.3. The van der Waals surface area contributed by atoms with Crippen LogP contribution in [0.15, 0.2) is 54.6 Å². The monoisotopic (exact) mass is 329 g/mol. The minimum absolute atomic E-state index is 0.418. The molecular weight excluding hydrogens is 313 g/mol. The van der Waals surface area contributed by atoms with Gasteiger partial charge in [-0.05, 0) is 36.6 Å². The number of anilines is 1. The zero-order chi connectivity index (χ0) is 16.9. The van der Waals surface area contributed by atoms with E-state index in [-0.39, 0.29) is 0 Å². The summed E-state index contributed by atoms with van der Waals surface area (Å²) in [6.07, 6.45) is -4.54. The van der Waals surface area contributed by atoms with Gasteiger partial charge in [0.15, 0.2) is 0 Å². The maximum Gasteiger partial charge on any atom is 0.458 e. The molecule has 0 aliphatic heterocycles. The third-order valence-corrected chi connectivity index (χ3v) is 3.39. The lowest BCUT2D eigenvalue weighted by Crippen LogP contribution is -2.33. The van der Waals surface area contributed by atoms with Crippen LogP contribution in [0.2, 0.25) is 0 Å². The van der Waals surface area contributed by atoms with Gasteiger partial charge in [0.2, 0.25) is 0 Å². The molecule has 0 amide bonds. The molecule has 0 heterocycles. The number of hydrogen-bond acceptors (Lipinski definition) is 1. The Hall–Kier alpha value is -2.11. The lowest BCUT2D eigenvalue weighted by atomic mass is 10.0. The second kappa shape index (κ2) is 6.98. The minimum Gasteiger partial charge on any atom is -0.385 e. The van der Waals surface area contributed by atoms with E-state index in [1.54, 1.807) is 6.07 Å². The summed E-state index contributed by atoms with van der Waals surface area (Å²) < 4.78 is 63.8. The van der Waals surface area contributed by atoms with Crippen molar-refractivity contribution in [3.8, 4) is 0 Å². The first kappa shape index (κ1) is 17.2. The smallest absolute Gasteiger partial charge is 0.385 e. The molecule has 0 bridgehead atoms. The minimum atomic E-state index is -5.58. The Balaban J connectivity index is 1.93. The van der Waals surface area contributed by atoms with Crippen molar-refractivity contribution in [2.24, 2.45) is 0 Å². The molecule has 0 spiro atoms. The van der Waals surface area contributed by atoms with Crippen LogP contribution in [0.1, 0.15) is 17.5 Å². The molecule has 2 aromatic carbocycles. The molecule has 2 rings (SSSR count). The predicted octanol–water partition coefficient (Wildman–Crippen LogP) is 5.39. The van der Waals surface area contributed by atoms with E-state index in [1.165, 1.54) is 6.07 Å². The van der Waals surface area contributed by atoms with Crippen molar-refractivity contribution in [3.05, 3.63) is 65.7 Å². The second-order valence-corrected chi connectivity index (χ2v) is 5.17. The number of halogens is 5. The summed E-state index contributed by atoms with van der Waals surface area (Å²) in [5, 5.41) is 3.16. The fraction of sp³-hybridized carbons (Fsp3) is 0.294. The van der Waals surface area contributed by atoms with E-state index in [0.29, 0.717) is 24.9 Å². The first-order valence-corrected chi connectivity index (χ1v) is 7.13. The van der Waals surface area contributed by atoms with Crippen molar-refractivity contribution in [1.29, 1.82) is 0 Å². The molecule has 0 aliphatic rings. The number of para-hydroxylation sites is 1. The molecule has 2 aromatic rings. The summed E-state index contributed by atoms with van der Waals surface area (Å²) in [6.45, 7) is 0.601. The Morgan fingerprint density at radius 1 is 0.826 bits per heavy atom. The molecule has 1 nitrogen and oxygen atoms in total. The van der Waals surface area contributed by atoms with Gasteiger partial charge in [-0.2, -0.15) is 22.0 Å². The standard InChI is InChI=1S/C17H16F5N/c18-16(19,17(20,21)22)14-8-4-6-13(12-14)7-5-11-23-15-9-2-1-3-10-15/h1-4,6,8-10,12,23H,5,7,11H2. The van der Waals surface area contributed by atoms with Crippen LogP contribution in [0.3, 0.4) is 0 Å².